The number of benzene rings is 2. The number of likely N-dealkylation sites (tertiary alicyclic amines) is 1. The zero-order chi connectivity index (χ0) is 32.6. The normalized spacial score (nSPS) is 14.8. The van der Waals surface area contributed by atoms with Crippen LogP contribution in [0.5, 0.6) is 0 Å². The molecule has 0 aliphatic carbocycles. The van der Waals surface area contributed by atoms with Crippen LogP contribution < -0.4 is 15.6 Å². The Morgan fingerprint density at radius 3 is 2.33 bits per heavy atom. The highest BCUT2D eigenvalue weighted by Crippen LogP contribution is 2.32. The van der Waals surface area contributed by atoms with E-state index in [1.54, 1.807) is 30.7 Å². The van der Waals surface area contributed by atoms with Gasteiger partial charge in [0.1, 0.15) is 11.0 Å². The van der Waals surface area contributed by atoms with Crippen LogP contribution in [0, 0.1) is 6.92 Å². The predicted molar refractivity (Wildman–Crippen MR) is 175 cm³/mol. The zero-order valence-corrected chi connectivity index (χ0v) is 27.3. The van der Waals surface area contributed by atoms with E-state index < -0.39 is 22.0 Å². The van der Waals surface area contributed by atoms with Crippen molar-refractivity contribution in [3.63, 3.8) is 0 Å². The quantitative estimate of drug-likeness (QED) is 0.278. The lowest BCUT2D eigenvalue weighted by atomic mass is 9.89. The molecule has 2 aromatic carbocycles. The Kier molecular flexibility index (Phi) is 8.99. The third kappa shape index (κ3) is 7.02. The van der Waals surface area contributed by atoms with Crippen molar-refractivity contribution in [2.45, 2.75) is 45.6 Å². The van der Waals surface area contributed by atoms with Crippen molar-refractivity contribution in [1.29, 1.82) is 0 Å². The fourth-order valence-corrected chi connectivity index (χ4v) is 6.41. The summed E-state index contributed by atoms with van der Waals surface area (Å²) in [5.41, 5.74) is 3.91. The Bertz CT molecular complexity index is 1970. The topological polar surface area (TPSA) is 143 Å². The first-order chi connectivity index (χ1) is 21.2. The predicted octanol–water partition coefficient (Wildman–Crippen LogP) is 4.55. The van der Waals surface area contributed by atoms with Crippen LogP contribution in [0.25, 0.3) is 22.3 Å². The number of nitrogens with one attached hydrogen (secondary N) is 2. The molecule has 0 saturated carbocycles. The van der Waals surface area contributed by atoms with E-state index in [0.29, 0.717) is 28.2 Å². The molecule has 1 atom stereocenters. The summed E-state index contributed by atoms with van der Waals surface area (Å²) < 4.78 is 26.9. The van der Waals surface area contributed by atoms with Gasteiger partial charge in [-0.2, -0.15) is 0 Å². The van der Waals surface area contributed by atoms with Crippen LogP contribution in [-0.4, -0.2) is 59.0 Å². The molecule has 1 aliphatic heterocycles. The minimum Gasteiger partial charge on any atom is -0.377 e. The third-order valence-electron chi connectivity index (χ3n) is 8.13. The number of rotatable bonds is 7. The summed E-state index contributed by atoms with van der Waals surface area (Å²) in [6.45, 7) is 6.83. The average molecular weight is 651 g/mol. The standard InChI is InChI=1S/C32H35ClN6O5S/c1-18-16-24(19(2)34-26-10-11-27(33)35-29(26)31(41)37-45(5,43)44)28-25(17-18)32(42)38(4)30(36-28)23-8-6-21(7-9-23)22-12-14-39(15-13-22)20(3)40/h6-11,16-17,19,22,34H,12-15H2,1-5H3,(H,37,41)/t19-/m1/s1. The minimum atomic E-state index is -3.84. The van der Waals surface area contributed by atoms with Crippen molar-refractivity contribution in [3.8, 4) is 11.4 Å². The van der Waals surface area contributed by atoms with Crippen LogP contribution in [0.15, 0.2) is 53.3 Å². The molecule has 0 bridgehead atoms. The van der Waals surface area contributed by atoms with Crippen LogP contribution in [0.4, 0.5) is 5.69 Å². The summed E-state index contributed by atoms with van der Waals surface area (Å²) in [5, 5.41) is 3.71. The van der Waals surface area contributed by atoms with Crippen LogP contribution in [-0.2, 0) is 21.9 Å². The number of piperidine rings is 1. The van der Waals surface area contributed by atoms with Gasteiger partial charge in [-0.15, -0.1) is 0 Å². The fraction of sp³-hybridized carbons (Fsp3) is 0.344. The van der Waals surface area contributed by atoms with Crippen LogP contribution in [0.1, 0.15) is 65.8 Å². The molecular formula is C32H35ClN6O5S. The molecule has 1 saturated heterocycles. The number of nitrogens with zero attached hydrogens (tertiary/aromatic N) is 4. The molecular weight excluding hydrogens is 616 g/mol. The first kappa shape index (κ1) is 32.1. The number of fused-ring (bicyclic) bond motifs is 1. The number of sulfonamides is 1. The molecule has 5 rings (SSSR count). The van der Waals surface area contributed by atoms with Gasteiger partial charge >= 0.3 is 0 Å². The Hall–Kier alpha value is -4.29. The second kappa shape index (κ2) is 12.6. The van der Waals surface area contributed by atoms with E-state index in [9.17, 15) is 22.8 Å². The molecule has 0 unspecified atom stereocenters. The summed E-state index contributed by atoms with van der Waals surface area (Å²) in [5.74, 6) is 0.0419. The van der Waals surface area contributed by atoms with Crippen LogP contribution in [0.3, 0.4) is 0 Å². The molecule has 2 N–H and O–H groups in total. The molecule has 236 valence electrons. The number of hydrogen-bond acceptors (Lipinski definition) is 8. The van der Waals surface area contributed by atoms with Crippen molar-refractivity contribution >= 4 is 50.0 Å². The molecule has 1 aliphatic rings. The van der Waals surface area contributed by atoms with Crippen molar-refractivity contribution < 1.29 is 18.0 Å². The minimum absolute atomic E-state index is 0.0233. The lowest BCUT2D eigenvalue weighted by molar-refractivity contribution is -0.129. The summed E-state index contributed by atoms with van der Waals surface area (Å²) >= 11 is 6.03. The van der Waals surface area contributed by atoms with Crippen molar-refractivity contribution in [1.82, 2.24) is 24.2 Å². The average Bonchev–Trinajstić information content (AvgIpc) is 2.99. The van der Waals surface area contributed by atoms with Gasteiger partial charge in [0.15, 0.2) is 5.69 Å². The fourth-order valence-electron chi connectivity index (χ4n) is 5.83. The molecule has 13 heteroatoms. The van der Waals surface area contributed by atoms with Gasteiger partial charge in [-0.1, -0.05) is 41.9 Å². The number of anilines is 1. The maximum absolute atomic E-state index is 13.7. The van der Waals surface area contributed by atoms with Crippen LogP contribution >= 0.6 is 11.6 Å². The maximum Gasteiger partial charge on any atom is 0.285 e. The van der Waals surface area contributed by atoms with Crippen molar-refractivity contribution in [2.24, 2.45) is 7.05 Å². The summed E-state index contributed by atoms with van der Waals surface area (Å²) in [4.78, 5) is 49.0. The van der Waals surface area contributed by atoms with Gasteiger partial charge in [0.05, 0.1) is 28.9 Å². The lowest BCUT2D eigenvalue weighted by Gasteiger charge is -2.31. The molecule has 2 aromatic heterocycles. The second-order valence-corrected chi connectivity index (χ2v) is 13.7. The molecule has 3 heterocycles. The third-order valence-corrected chi connectivity index (χ3v) is 8.89. The van der Waals surface area contributed by atoms with Gasteiger partial charge in [0.2, 0.25) is 15.9 Å². The molecule has 2 amide bonds. The monoisotopic (exact) mass is 650 g/mol. The Balaban J connectivity index is 1.50. The number of amides is 2. The molecule has 0 radical (unpaired) electrons. The van der Waals surface area contributed by atoms with Gasteiger partial charge < -0.3 is 10.2 Å². The molecule has 11 nitrogen and oxygen atoms in total. The van der Waals surface area contributed by atoms with Gasteiger partial charge in [0, 0.05) is 38.2 Å². The van der Waals surface area contributed by atoms with Gasteiger partial charge in [0.25, 0.3) is 11.5 Å². The molecule has 1 fully saturated rings. The Labute approximate surface area is 266 Å². The number of hydrogen-bond donors (Lipinski definition) is 2. The first-order valence-corrected chi connectivity index (χ1v) is 16.8. The highest BCUT2D eigenvalue weighted by atomic mass is 35.5. The maximum atomic E-state index is 13.7. The number of pyridine rings is 1. The number of carbonyl (C=O) groups excluding carboxylic acids is 2. The number of halogens is 1. The van der Waals surface area contributed by atoms with Crippen molar-refractivity contribution in [3.05, 3.63) is 86.4 Å². The van der Waals surface area contributed by atoms with Gasteiger partial charge in [-0.05, 0) is 61.9 Å². The smallest absolute Gasteiger partial charge is 0.285 e. The van der Waals surface area contributed by atoms with E-state index in [2.05, 4.69) is 22.4 Å². The highest BCUT2D eigenvalue weighted by Gasteiger charge is 2.24. The summed E-state index contributed by atoms with van der Waals surface area (Å²) in [6.07, 6.45) is 2.68. The first-order valence-electron chi connectivity index (χ1n) is 14.5. The van der Waals surface area contributed by atoms with E-state index in [0.717, 1.165) is 43.3 Å². The molecule has 4 aromatic rings. The van der Waals surface area contributed by atoms with E-state index in [4.69, 9.17) is 16.6 Å². The largest absolute Gasteiger partial charge is 0.377 e. The zero-order valence-electron chi connectivity index (χ0n) is 25.7. The molecule has 0 spiro atoms. The SMILES string of the molecule is CC(=O)N1CCC(c2ccc(-c3nc4c([C@@H](C)Nc5ccc(Cl)nc5C(=O)NS(C)(=O)=O)cc(C)cc4c(=O)n3C)cc2)CC1. The lowest BCUT2D eigenvalue weighted by Crippen LogP contribution is -2.36. The summed E-state index contributed by atoms with van der Waals surface area (Å²) in [7, 11) is -2.14. The van der Waals surface area contributed by atoms with E-state index in [-0.39, 0.29) is 28.0 Å². The molecule has 45 heavy (non-hydrogen) atoms. The summed E-state index contributed by atoms with van der Waals surface area (Å²) in [6, 6.07) is 14.4. The Morgan fingerprint density at radius 1 is 1.04 bits per heavy atom. The van der Waals surface area contributed by atoms with Gasteiger partial charge in [-0.3, -0.25) is 19.0 Å². The van der Waals surface area contributed by atoms with E-state index >= 15 is 0 Å². The Morgan fingerprint density at radius 2 is 1.71 bits per heavy atom. The van der Waals surface area contributed by atoms with Crippen molar-refractivity contribution in [2.75, 3.05) is 24.7 Å². The van der Waals surface area contributed by atoms with E-state index in [1.807, 2.05) is 41.7 Å². The second-order valence-electron chi connectivity index (χ2n) is 11.6. The van der Waals surface area contributed by atoms with Gasteiger partial charge in [-0.25, -0.2) is 23.1 Å². The number of aryl methyl sites for hydroxylation is 1. The number of carbonyl (C=O) groups is 2. The number of aromatic nitrogens is 3. The highest BCUT2D eigenvalue weighted by molar-refractivity contribution is 7.89. The van der Waals surface area contributed by atoms with E-state index in [1.165, 1.54) is 11.6 Å². The van der Waals surface area contributed by atoms with Crippen LogP contribution in [0.2, 0.25) is 5.15 Å².